The number of rotatable bonds is 1. The first-order valence-electron chi connectivity index (χ1n) is 7.02. The predicted molar refractivity (Wildman–Crippen MR) is 77.6 cm³/mol. The predicted octanol–water partition coefficient (Wildman–Crippen LogP) is 1.36. The number of hydrogen-bond donors (Lipinski definition) is 2. The molecule has 1 saturated heterocycles. The van der Waals surface area contributed by atoms with Gasteiger partial charge in [0.15, 0.2) is 0 Å². The summed E-state index contributed by atoms with van der Waals surface area (Å²) >= 11 is 0. The summed E-state index contributed by atoms with van der Waals surface area (Å²) in [4.78, 5) is 26.3. The highest BCUT2D eigenvalue weighted by Gasteiger charge is 2.40. The Morgan fingerprint density at radius 3 is 2.90 bits per heavy atom. The van der Waals surface area contributed by atoms with E-state index in [9.17, 15) is 9.59 Å². The van der Waals surface area contributed by atoms with Crippen molar-refractivity contribution in [2.45, 2.75) is 19.8 Å². The van der Waals surface area contributed by atoms with Gasteiger partial charge in [0.1, 0.15) is 6.54 Å². The standard InChI is InChI=1S/C15H19N3O2/c1-15(7-4-8-16-10-15)14(20)18-9-13(19)17-11-5-2-3-6-12(11)18/h2-3,5-6,16H,4,7-10H2,1H3,(H,17,19). The summed E-state index contributed by atoms with van der Waals surface area (Å²) in [7, 11) is 0. The number of carbonyl (C=O) groups excluding carboxylic acids is 2. The summed E-state index contributed by atoms with van der Waals surface area (Å²) in [6, 6.07) is 7.45. The summed E-state index contributed by atoms with van der Waals surface area (Å²) < 4.78 is 0. The molecule has 1 aromatic rings. The van der Waals surface area contributed by atoms with Crippen LogP contribution in [-0.2, 0) is 9.59 Å². The number of nitrogens with zero attached hydrogens (tertiary/aromatic N) is 1. The number of benzene rings is 1. The maximum Gasteiger partial charge on any atom is 0.244 e. The first kappa shape index (κ1) is 13.1. The van der Waals surface area contributed by atoms with E-state index in [1.165, 1.54) is 0 Å². The molecule has 0 saturated carbocycles. The lowest BCUT2D eigenvalue weighted by atomic mass is 9.81. The minimum absolute atomic E-state index is 0.0343. The van der Waals surface area contributed by atoms with Crippen molar-refractivity contribution in [2.75, 3.05) is 29.9 Å². The molecule has 2 heterocycles. The third kappa shape index (κ3) is 2.18. The molecule has 0 aliphatic carbocycles. The first-order valence-corrected chi connectivity index (χ1v) is 7.02. The van der Waals surface area contributed by atoms with Crippen LogP contribution in [0.3, 0.4) is 0 Å². The van der Waals surface area contributed by atoms with Crippen molar-refractivity contribution in [3.05, 3.63) is 24.3 Å². The normalized spacial score (nSPS) is 25.9. The molecule has 5 heteroatoms. The van der Waals surface area contributed by atoms with E-state index >= 15 is 0 Å². The van der Waals surface area contributed by atoms with E-state index in [1.807, 2.05) is 31.2 Å². The molecule has 5 nitrogen and oxygen atoms in total. The highest BCUT2D eigenvalue weighted by Crippen LogP contribution is 2.35. The number of nitrogens with one attached hydrogen (secondary N) is 2. The lowest BCUT2D eigenvalue weighted by Gasteiger charge is -2.39. The number of carbonyl (C=O) groups is 2. The SMILES string of the molecule is CC1(C(=O)N2CC(=O)Nc3ccccc32)CCCNC1. The topological polar surface area (TPSA) is 61.4 Å². The number of piperidine rings is 1. The van der Waals surface area contributed by atoms with Gasteiger partial charge in [0, 0.05) is 6.54 Å². The molecule has 0 aromatic heterocycles. The van der Waals surface area contributed by atoms with Gasteiger partial charge in [-0.2, -0.15) is 0 Å². The van der Waals surface area contributed by atoms with E-state index in [2.05, 4.69) is 10.6 Å². The molecular weight excluding hydrogens is 254 g/mol. The zero-order valence-corrected chi connectivity index (χ0v) is 11.6. The average Bonchev–Trinajstić information content (AvgIpc) is 2.46. The van der Waals surface area contributed by atoms with Gasteiger partial charge < -0.3 is 15.5 Å². The van der Waals surface area contributed by atoms with Crippen molar-refractivity contribution in [1.82, 2.24) is 5.32 Å². The summed E-state index contributed by atoms with van der Waals surface area (Å²) in [6.07, 6.45) is 1.85. The second kappa shape index (κ2) is 4.90. The van der Waals surface area contributed by atoms with Gasteiger partial charge >= 0.3 is 0 Å². The molecular formula is C15H19N3O2. The molecule has 0 bridgehead atoms. The molecule has 1 atom stereocenters. The summed E-state index contributed by atoms with van der Waals surface area (Å²) in [5, 5.41) is 6.09. The van der Waals surface area contributed by atoms with Crippen LogP contribution >= 0.6 is 0 Å². The van der Waals surface area contributed by atoms with E-state index in [0.29, 0.717) is 12.2 Å². The molecule has 1 unspecified atom stereocenters. The molecule has 1 fully saturated rings. The van der Waals surface area contributed by atoms with Gasteiger partial charge in [0.2, 0.25) is 11.8 Å². The highest BCUT2D eigenvalue weighted by molar-refractivity contribution is 6.11. The van der Waals surface area contributed by atoms with Crippen molar-refractivity contribution in [2.24, 2.45) is 5.41 Å². The average molecular weight is 273 g/mol. The van der Waals surface area contributed by atoms with Crippen LogP contribution in [-0.4, -0.2) is 31.4 Å². The zero-order valence-electron chi connectivity index (χ0n) is 11.6. The fourth-order valence-electron chi connectivity index (χ4n) is 2.98. The number of para-hydroxylation sites is 2. The fourth-order valence-corrected chi connectivity index (χ4v) is 2.98. The van der Waals surface area contributed by atoms with Crippen LogP contribution in [0, 0.1) is 5.41 Å². The van der Waals surface area contributed by atoms with Crippen molar-refractivity contribution in [1.29, 1.82) is 0 Å². The van der Waals surface area contributed by atoms with Crippen LogP contribution in [0.25, 0.3) is 0 Å². The Morgan fingerprint density at radius 1 is 1.35 bits per heavy atom. The van der Waals surface area contributed by atoms with Gasteiger partial charge in [-0.15, -0.1) is 0 Å². The third-order valence-corrected chi connectivity index (χ3v) is 4.13. The Balaban J connectivity index is 1.93. The smallest absolute Gasteiger partial charge is 0.244 e. The number of fused-ring (bicyclic) bond motifs is 1. The van der Waals surface area contributed by atoms with Crippen LogP contribution < -0.4 is 15.5 Å². The maximum absolute atomic E-state index is 12.9. The highest BCUT2D eigenvalue weighted by atomic mass is 16.2. The molecule has 1 aromatic carbocycles. The summed E-state index contributed by atoms with van der Waals surface area (Å²) in [5.41, 5.74) is 1.08. The number of amides is 2. The molecule has 20 heavy (non-hydrogen) atoms. The molecule has 2 amide bonds. The van der Waals surface area contributed by atoms with E-state index < -0.39 is 5.41 Å². The Morgan fingerprint density at radius 2 is 2.15 bits per heavy atom. The van der Waals surface area contributed by atoms with Crippen molar-refractivity contribution in [3.63, 3.8) is 0 Å². The van der Waals surface area contributed by atoms with Crippen LogP contribution in [0.1, 0.15) is 19.8 Å². The lowest BCUT2D eigenvalue weighted by molar-refractivity contribution is -0.129. The van der Waals surface area contributed by atoms with Crippen LogP contribution in [0.5, 0.6) is 0 Å². The minimum Gasteiger partial charge on any atom is -0.323 e. The largest absolute Gasteiger partial charge is 0.323 e. The van der Waals surface area contributed by atoms with Gasteiger partial charge in [-0.3, -0.25) is 9.59 Å². The fraction of sp³-hybridized carbons (Fsp3) is 0.467. The monoisotopic (exact) mass is 273 g/mol. The Kier molecular flexibility index (Phi) is 3.22. The molecule has 2 N–H and O–H groups in total. The lowest BCUT2D eigenvalue weighted by Crippen LogP contribution is -2.53. The van der Waals surface area contributed by atoms with E-state index in [4.69, 9.17) is 0 Å². The number of anilines is 2. The van der Waals surface area contributed by atoms with E-state index in [0.717, 1.165) is 25.1 Å². The van der Waals surface area contributed by atoms with Crippen LogP contribution in [0.15, 0.2) is 24.3 Å². The Labute approximate surface area is 118 Å². The quantitative estimate of drug-likeness (QED) is 0.812. The maximum atomic E-state index is 12.9. The molecule has 0 radical (unpaired) electrons. The van der Waals surface area contributed by atoms with Gasteiger partial charge in [0.05, 0.1) is 16.8 Å². The van der Waals surface area contributed by atoms with Gasteiger partial charge in [-0.05, 0) is 38.4 Å². The number of hydrogen-bond acceptors (Lipinski definition) is 3. The van der Waals surface area contributed by atoms with E-state index in [1.54, 1.807) is 4.90 Å². The van der Waals surface area contributed by atoms with Crippen molar-refractivity contribution in [3.8, 4) is 0 Å². The van der Waals surface area contributed by atoms with E-state index in [-0.39, 0.29) is 18.4 Å². The summed E-state index contributed by atoms with van der Waals surface area (Å²) in [6.45, 7) is 3.72. The minimum atomic E-state index is -0.428. The first-order chi connectivity index (χ1) is 9.60. The molecule has 0 spiro atoms. The Bertz CT molecular complexity index is 550. The third-order valence-electron chi connectivity index (χ3n) is 4.13. The second-order valence-corrected chi connectivity index (χ2v) is 5.80. The molecule has 3 rings (SSSR count). The molecule has 106 valence electrons. The zero-order chi connectivity index (χ0) is 14.2. The van der Waals surface area contributed by atoms with Crippen molar-refractivity contribution < 1.29 is 9.59 Å². The molecule has 2 aliphatic rings. The Hall–Kier alpha value is -1.88. The van der Waals surface area contributed by atoms with Gasteiger partial charge in [0.25, 0.3) is 0 Å². The van der Waals surface area contributed by atoms with Crippen LogP contribution in [0.2, 0.25) is 0 Å². The van der Waals surface area contributed by atoms with Crippen LogP contribution in [0.4, 0.5) is 11.4 Å². The summed E-state index contributed by atoms with van der Waals surface area (Å²) in [5.74, 6) is -0.101. The van der Waals surface area contributed by atoms with Crippen molar-refractivity contribution >= 4 is 23.2 Å². The van der Waals surface area contributed by atoms with Gasteiger partial charge in [-0.1, -0.05) is 12.1 Å². The van der Waals surface area contributed by atoms with Gasteiger partial charge in [-0.25, -0.2) is 0 Å². The second-order valence-electron chi connectivity index (χ2n) is 5.80. The molecule has 2 aliphatic heterocycles.